The third-order valence-electron chi connectivity index (χ3n) is 2.63. The van der Waals surface area contributed by atoms with Gasteiger partial charge in [-0.3, -0.25) is 4.99 Å². The van der Waals surface area contributed by atoms with Crippen molar-refractivity contribution in [1.82, 2.24) is 0 Å². The van der Waals surface area contributed by atoms with E-state index >= 15 is 0 Å². The van der Waals surface area contributed by atoms with E-state index in [9.17, 15) is 4.39 Å². The van der Waals surface area contributed by atoms with E-state index in [2.05, 4.69) is 20.9 Å². The van der Waals surface area contributed by atoms with Crippen molar-refractivity contribution < 1.29 is 14.2 Å². The van der Waals surface area contributed by atoms with Crippen molar-refractivity contribution >= 4 is 21.8 Å². The molecule has 3 nitrogen and oxygen atoms in total. The maximum absolute atomic E-state index is 13.3. The smallest absolute Gasteiger partial charge is 0.216 e. The molecule has 0 spiro atoms. The normalized spacial score (nSPS) is 15.8. The average molecular weight is 316 g/mol. The second-order valence-electron chi connectivity index (χ2n) is 4.32. The summed E-state index contributed by atoms with van der Waals surface area (Å²) >= 11 is 3.24. The van der Waals surface area contributed by atoms with Gasteiger partial charge in [0.1, 0.15) is 12.4 Å². The van der Waals surface area contributed by atoms with Crippen LogP contribution in [-0.4, -0.2) is 30.8 Å². The van der Waals surface area contributed by atoms with Crippen LogP contribution in [0.4, 0.5) is 4.39 Å². The number of ether oxygens (including phenoxy) is 1. The van der Waals surface area contributed by atoms with E-state index in [0.29, 0.717) is 28.4 Å². The van der Waals surface area contributed by atoms with Crippen LogP contribution in [0.3, 0.4) is 0 Å². The molecule has 5 heteroatoms. The lowest BCUT2D eigenvalue weighted by Gasteiger charge is -2.09. The zero-order valence-electron chi connectivity index (χ0n) is 9.90. The maximum atomic E-state index is 13.3. The predicted molar refractivity (Wildman–Crippen MR) is 71.3 cm³/mol. The van der Waals surface area contributed by atoms with Crippen LogP contribution >= 0.6 is 15.9 Å². The first-order valence-corrected chi connectivity index (χ1v) is 6.73. The Hall–Kier alpha value is -0.940. The number of aliphatic imine (C=N–C) groups is 1. The Kier molecular flexibility index (Phi) is 4.72. The summed E-state index contributed by atoms with van der Waals surface area (Å²) < 4.78 is 19.4. The van der Waals surface area contributed by atoms with Gasteiger partial charge in [-0.2, -0.15) is 0 Å². The lowest BCUT2D eigenvalue weighted by atomic mass is 10.2. The highest BCUT2D eigenvalue weighted by Crippen LogP contribution is 2.29. The van der Waals surface area contributed by atoms with Crippen LogP contribution in [-0.2, 0) is 4.74 Å². The van der Waals surface area contributed by atoms with Crippen molar-refractivity contribution in [3.63, 3.8) is 0 Å². The van der Waals surface area contributed by atoms with Gasteiger partial charge < -0.3 is 9.84 Å². The van der Waals surface area contributed by atoms with E-state index in [1.807, 2.05) is 0 Å². The van der Waals surface area contributed by atoms with E-state index < -0.39 is 0 Å². The van der Waals surface area contributed by atoms with Crippen LogP contribution in [0.5, 0.6) is 0 Å². The summed E-state index contributed by atoms with van der Waals surface area (Å²) in [6, 6.07) is 4.52. The number of benzene rings is 1. The standard InChI is InChI=1S/C13H15BrFNO2/c14-11-5-10(6-12(15)7-11)13(18-4-3-17)16-8-9-1-2-9/h5-7,9,17H,1-4,8H2. The highest BCUT2D eigenvalue weighted by atomic mass is 79.9. The number of aliphatic hydroxyl groups excluding tert-OH is 1. The van der Waals surface area contributed by atoms with Crippen molar-refractivity contribution in [1.29, 1.82) is 0 Å². The highest BCUT2D eigenvalue weighted by molar-refractivity contribution is 9.10. The molecule has 98 valence electrons. The molecule has 1 fully saturated rings. The Balaban J connectivity index is 2.16. The molecule has 1 N–H and O–H groups in total. The Bertz CT molecular complexity index is 426. The number of nitrogens with zero attached hydrogens (tertiary/aromatic N) is 1. The first-order valence-electron chi connectivity index (χ1n) is 5.93. The summed E-state index contributed by atoms with van der Waals surface area (Å²) in [6.45, 7) is 0.783. The van der Waals surface area contributed by atoms with Crippen molar-refractivity contribution in [3.05, 3.63) is 34.1 Å². The molecule has 0 bridgehead atoms. The van der Waals surface area contributed by atoms with Gasteiger partial charge in [0.15, 0.2) is 0 Å². The van der Waals surface area contributed by atoms with E-state index in [0.717, 1.165) is 0 Å². The molecule has 0 aliphatic heterocycles. The van der Waals surface area contributed by atoms with E-state index in [-0.39, 0.29) is 19.0 Å². The van der Waals surface area contributed by atoms with Gasteiger partial charge in [-0.1, -0.05) is 15.9 Å². The summed E-state index contributed by atoms with van der Waals surface area (Å²) in [4.78, 5) is 4.37. The van der Waals surface area contributed by atoms with Crippen LogP contribution < -0.4 is 0 Å². The van der Waals surface area contributed by atoms with E-state index in [4.69, 9.17) is 9.84 Å². The summed E-state index contributed by atoms with van der Waals surface area (Å²) in [6.07, 6.45) is 2.40. The fraction of sp³-hybridized carbons (Fsp3) is 0.462. The summed E-state index contributed by atoms with van der Waals surface area (Å²) in [7, 11) is 0. The lowest BCUT2D eigenvalue weighted by Crippen LogP contribution is -2.12. The fourth-order valence-corrected chi connectivity index (χ4v) is 2.02. The molecule has 1 aromatic rings. The molecule has 0 heterocycles. The molecule has 1 aliphatic carbocycles. The van der Waals surface area contributed by atoms with Gasteiger partial charge in [-0.05, 0) is 37.0 Å². The van der Waals surface area contributed by atoms with Crippen LogP contribution in [0.1, 0.15) is 18.4 Å². The first kappa shape index (κ1) is 13.5. The van der Waals surface area contributed by atoms with Gasteiger partial charge in [0, 0.05) is 16.6 Å². The lowest BCUT2D eigenvalue weighted by molar-refractivity contribution is 0.194. The number of rotatable bonds is 5. The second kappa shape index (κ2) is 6.29. The molecule has 0 aromatic heterocycles. The van der Waals surface area contributed by atoms with Crippen molar-refractivity contribution in [3.8, 4) is 0 Å². The number of halogens is 2. The Morgan fingerprint density at radius 2 is 2.22 bits per heavy atom. The van der Waals surface area contributed by atoms with Crippen LogP contribution in [0, 0.1) is 11.7 Å². The van der Waals surface area contributed by atoms with Gasteiger partial charge in [0.25, 0.3) is 0 Å². The van der Waals surface area contributed by atoms with Crippen molar-refractivity contribution in [2.75, 3.05) is 19.8 Å². The topological polar surface area (TPSA) is 41.8 Å². The monoisotopic (exact) mass is 315 g/mol. The molecule has 1 aromatic carbocycles. The Morgan fingerprint density at radius 3 is 2.83 bits per heavy atom. The number of hydrogen-bond donors (Lipinski definition) is 1. The highest BCUT2D eigenvalue weighted by Gasteiger charge is 2.21. The summed E-state index contributed by atoms with van der Waals surface area (Å²) in [5.41, 5.74) is 0.593. The molecule has 0 atom stereocenters. The Morgan fingerprint density at radius 1 is 1.44 bits per heavy atom. The molecule has 0 amide bonds. The van der Waals surface area contributed by atoms with Crippen LogP contribution in [0.2, 0.25) is 0 Å². The fourth-order valence-electron chi connectivity index (χ4n) is 1.55. The molecular weight excluding hydrogens is 301 g/mol. The van der Waals surface area contributed by atoms with Gasteiger partial charge in [0.2, 0.25) is 5.90 Å². The third kappa shape index (κ3) is 4.07. The summed E-state index contributed by atoms with van der Waals surface area (Å²) in [5.74, 6) is 0.692. The van der Waals surface area contributed by atoms with Crippen LogP contribution in [0.25, 0.3) is 0 Å². The molecule has 2 rings (SSSR count). The van der Waals surface area contributed by atoms with Crippen molar-refractivity contribution in [2.24, 2.45) is 10.9 Å². The van der Waals surface area contributed by atoms with E-state index in [1.165, 1.54) is 25.0 Å². The quantitative estimate of drug-likeness (QED) is 0.670. The predicted octanol–water partition coefficient (Wildman–Crippen LogP) is 2.75. The zero-order chi connectivity index (χ0) is 13.0. The minimum atomic E-state index is -0.342. The van der Waals surface area contributed by atoms with Gasteiger partial charge >= 0.3 is 0 Å². The first-order chi connectivity index (χ1) is 8.69. The molecule has 0 radical (unpaired) electrons. The largest absolute Gasteiger partial charge is 0.475 e. The minimum Gasteiger partial charge on any atom is -0.475 e. The third-order valence-corrected chi connectivity index (χ3v) is 3.09. The van der Waals surface area contributed by atoms with E-state index in [1.54, 1.807) is 6.07 Å². The average Bonchev–Trinajstić information content (AvgIpc) is 3.11. The second-order valence-corrected chi connectivity index (χ2v) is 5.24. The van der Waals surface area contributed by atoms with Gasteiger partial charge in [0.05, 0.1) is 6.61 Å². The SMILES string of the molecule is OCCOC(=NCC1CC1)c1cc(F)cc(Br)c1. The Labute approximate surface area is 114 Å². The number of aliphatic hydroxyl groups is 1. The number of hydrogen-bond acceptors (Lipinski definition) is 3. The minimum absolute atomic E-state index is 0.0844. The van der Waals surface area contributed by atoms with Gasteiger partial charge in [-0.25, -0.2) is 4.39 Å². The van der Waals surface area contributed by atoms with Crippen molar-refractivity contribution in [2.45, 2.75) is 12.8 Å². The molecule has 0 saturated heterocycles. The van der Waals surface area contributed by atoms with Gasteiger partial charge in [-0.15, -0.1) is 0 Å². The maximum Gasteiger partial charge on any atom is 0.216 e. The molecular formula is C13H15BrFNO2. The van der Waals surface area contributed by atoms with Crippen LogP contribution in [0.15, 0.2) is 27.7 Å². The molecule has 1 saturated carbocycles. The molecule has 18 heavy (non-hydrogen) atoms. The summed E-state index contributed by atoms with van der Waals surface area (Å²) in [5, 5.41) is 8.80. The molecule has 1 aliphatic rings. The molecule has 0 unspecified atom stereocenters. The zero-order valence-corrected chi connectivity index (χ0v) is 11.5.